The number of carboxylic acid groups (broad SMARTS) is 2. The summed E-state index contributed by atoms with van der Waals surface area (Å²) in [4.78, 5) is 32.1. The molecule has 1 aromatic rings. The van der Waals surface area contributed by atoms with Crippen molar-refractivity contribution in [3.63, 3.8) is 0 Å². The molecule has 1 saturated heterocycles. The molecule has 1 aliphatic heterocycles. The van der Waals surface area contributed by atoms with Gasteiger partial charge in [-0.25, -0.2) is 9.59 Å². The zero-order valence-electron chi connectivity index (χ0n) is 21.1. The summed E-state index contributed by atoms with van der Waals surface area (Å²) in [6.45, 7) is 5.12. The van der Waals surface area contributed by atoms with Gasteiger partial charge in [0.25, 0.3) is 0 Å². The van der Waals surface area contributed by atoms with Crippen LogP contribution in [0, 0.1) is 16.2 Å². The minimum atomic E-state index is -5.08. The number of piperidine rings is 1. The minimum Gasteiger partial charge on any atom is -0.504 e. The van der Waals surface area contributed by atoms with E-state index in [1.54, 1.807) is 6.92 Å². The number of phenolic OH excluding ortho intramolecular Hbond substituents is 1. The van der Waals surface area contributed by atoms with Gasteiger partial charge in [0.2, 0.25) is 0 Å². The molecule has 0 unspecified atom stereocenters. The molecule has 0 amide bonds. The molecule has 0 bridgehead atoms. The van der Waals surface area contributed by atoms with Crippen LogP contribution in [0.2, 0.25) is 0 Å². The van der Waals surface area contributed by atoms with Gasteiger partial charge in [0.1, 0.15) is 19.0 Å². The van der Waals surface area contributed by atoms with E-state index in [9.17, 15) is 36.2 Å². The molecule has 0 aliphatic carbocycles. The SMILES string of the molecule is CC(=N)N1CCC(C)(C(=O)OCCOc2cc(C(=N)N)ccc2O)CC1.O=C(O)C(F)(F)F.O=C(O)C(F)(F)F. The minimum absolute atomic E-state index is 0.0610. The summed E-state index contributed by atoms with van der Waals surface area (Å²) in [7, 11) is 0. The molecule has 2 rings (SSSR count). The van der Waals surface area contributed by atoms with Crippen LogP contribution >= 0.6 is 0 Å². The fraction of sp³-hybridized carbons (Fsp3) is 0.500. The maximum atomic E-state index is 12.4. The molecular formula is C22H28F6N4O8. The number of nitrogens with zero attached hydrogens (tertiary/aromatic N) is 1. The highest BCUT2D eigenvalue weighted by molar-refractivity contribution is 5.95. The zero-order chi connectivity index (χ0) is 31.5. The van der Waals surface area contributed by atoms with Gasteiger partial charge in [-0.3, -0.25) is 15.6 Å². The van der Waals surface area contributed by atoms with Crippen LogP contribution in [0.5, 0.6) is 11.5 Å². The number of rotatable bonds is 6. The average molecular weight is 590 g/mol. The van der Waals surface area contributed by atoms with Crippen molar-refractivity contribution in [1.29, 1.82) is 10.8 Å². The molecule has 40 heavy (non-hydrogen) atoms. The van der Waals surface area contributed by atoms with E-state index in [1.165, 1.54) is 18.2 Å². The summed E-state index contributed by atoms with van der Waals surface area (Å²) >= 11 is 0. The van der Waals surface area contributed by atoms with E-state index in [1.807, 2.05) is 11.8 Å². The number of halogens is 6. The Bertz CT molecular complexity index is 1050. The number of carbonyl (C=O) groups excluding carboxylic acids is 1. The quantitative estimate of drug-likeness (QED) is 0.0938. The molecular weight excluding hydrogens is 562 g/mol. The number of alkyl halides is 6. The molecule has 18 heteroatoms. The molecule has 7 N–H and O–H groups in total. The second-order valence-corrected chi connectivity index (χ2v) is 8.32. The Morgan fingerprint density at radius 2 is 1.45 bits per heavy atom. The number of nitrogens with two attached hydrogens (primary N) is 1. The third-order valence-electron chi connectivity index (χ3n) is 5.16. The van der Waals surface area contributed by atoms with E-state index < -0.39 is 29.7 Å². The summed E-state index contributed by atoms with van der Waals surface area (Å²) in [5.41, 5.74) is 5.30. The summed E-state index contributed by atoms with van der Waals surface area (Å²) < 4.78 is 74.2. The van der Waals surface area contributed by atoms with E-state index in [-0.39, 0.29) is 36.5 Å². The van der Waals surface area contributed by atoms with E-state index in [2.05, 4.69) is 0 Å². The second kappa shape index (κ2) is 14.8. The predicted molar refractivity (Wildman–Crippen MR) is 125 cm³/mol. The van der Waals surface area contributed by atoms with Crippen LogP contribution in [-0.4, -0.2) is 88.5 Å². The molecule has 1 heterocycles. The maximum absolute atomic E-state index is 12.4. The van der Waals surface area contributed by atoms with Gasteiger partial charge < -0.3 is 35.4 Å². The van der Waals surface area contributed by atoms with Crippen molar-refractivity contribution in [2.24, 2.45) is 11.1 Å². The molecule has 0 aromatic heterocycles. The lowest BCUT2D eigenvalue weighted by Crippen LogP contribution is -2.45. The van der Waals surface area contributed by atoms with Gasteiger partial charge in [-0.2, -0.15) is 26.3 Å². The largest absolute Gasteiger partial charge is 0.504 e. The number of aliphatic carboxylic acids is 2. The monoisotopic (exact) mass is 590 g/mol. The van der Waals surface area contributed by atoms with Crippen molar-refractivity contribution in [1.82, 2.24) is 4.90 Å². The normalized spacial score (nSPS) is 14.3. The van der Waals surface area contributed by atoms with Crippen LogP contribution in [-0.2, 0) is 19.1 Å². The number of amidine groups is 2. The number of nitrogen functional groups attached to an aromatic ring is 1. The van der Waals surface area contributed by atoms with Gasteiger partial charge >= 0.3 is 30.3 Å². The summed E-state index contributed by atoms with van der Waals surface area (Å²) in [5, 5.41) is 39.1. The zero-order valence-corrected chi connectivity index (χ0v) is 21.1. The van der Waals surface area contributed by atoms with Gasteiger partial charge in [0.15, 0.2) is 11.5 Å². The van der Waals surface area contributed by atoms with Crippen LogP contribution in [0.15, 0.2) is 18.2 Å². The fourth-order valence-corrected chi connectivity index (χ4v) is 2.80. The number of hydrogen-bond acceptors (Lipinski definition) is 8. The highest BCUT2D eigenvalue weighted by atomic mass is 19.4. The van der Waals surface area contributed by atoms with Crippen LogP contribution in [0.4, 0.5) is 26.3 Å². The highest BCUT2D eigenvalue weighted by Gasteiger charge is 2.39. The number of nitrogens with one attached hydrogen (secondary N) is 2. The van der Waals surface area contributed by atoms with Gasteiger partial charge in [-0.15, -0.1) is 0 Å². The molecule has 0 spiro atoms. The Morgan fingerprint density at radius 1 is 1.00 bits per heavy atom. The fourth-order valence-electron chi connectivity index (χ4n) is 2.80. The predicted octanol–water partition coefficient (Wildman–Crippen LogP) is 2.96. The van der Waals surface area contributed by atoms with Gasteiger partial charge in [0.05, 0.1) is 11.3 Å². The lowest BCUT2D eigenvalue weighted by molar-refractivity contribution is -0.193. The number of esters is 1. The topological polar surface area (TPSA) is 207 Å². The Balaban J connectivity index is 0.000000894. The van der Waals surface area contributed by atoms with Crippen molar-refractivity contribution >= 4 is 29.6 Å². The third kappa shape index (κ3) is 12.5. The average Bonchev–Trinajstić information content (AvgIpc) is 2.82. The first-order valence-corrected chi connectivity index (χ1v) is 11.0. The number of phenols is 1. The van der Waals surface area contributed by atoms with Crippen LogP contribution in [0.1, 0.15) is 32.3 Å². The summed E-state index contributed by atoms with van der Waals surface area (Å²) in [6.07, 6.45) is -8.88. The third-order valence-corrected chi connectivity index (χ3v) is 5.16. The highest BCUT2D eigenvalue weighted by Crippen LogP contribution is 2.32. The summed E-state index contributed by atoms with van der Waals surface area (Å²) in [5.74, 6) is -5.27. The number of aromatic hydroxyl groups is 1. The number of ether oxygens (including phenoxy) is 2. The first-order valence-electron chi connectivity index (χ1n) is 11.0. The first kappa shape index (κ1) is 35.8. The van der Waals surface area contributed by atoms with E-state index in [0.717, 1.165) is 0 Å². The maximum Gasteiger partial charge on any atom is 0.490 e. The Labute approximate surface area is 223 Å². The molecule has 1 aliphatic rings. The Hall–Kier alpha value is -4.25. The second-order valence-electron chi connectivity index (χ2n) is 8.32. The van der Waals surface area contributed by atoms with E-state index in [0.29, 0.717) is 37.3 Å². The van der Waals surface area contributed by atoms with Gasteiger partial charge in [0, 0.05) is 18.7 Å². The van der Waals surface area contributed by atoms with Gasteiger partial charge in [-0.1, -0.05) is 0 Å². The van der Waals surface area contributed by atoms with Crippen molar-refractivity contribution < 1.29 is 65.5 Å². The number of carboxylic acids is 2. The standard InChI is InChI=1S/C18H26N4O4.2C2HF3O2/c1-12(19)22-7-5-18(2,6-8-22)17(24)26-10-9-25-15-11-13(16(20)21)3-4-14(15)23;2*3-2(4,5)1(6)7/h3-4,11,19,23H,5-10H2,1-2H3,(H3,20,21);2*(H,6,7). The molecule has 12 nitrogen and oxygen atoms in total. The molecule has 1 aromatic carbocycles. The number of hydrogen-bond donors (Lipinski definition) is 6. The first-order chi connectivity index (χ1) is 18.1. The smallest absolute Gasteiger partial charge is 0.490 e. The van der Waals surface area contributed by atoms with Crippen LogP contribution in [0.3, 0.4) is 0 Å². The Kier molecular flexibility index (Phi) is 13.2. The van der Waals surface area contributed by atoms with E-state index in [4.69, 9.17) is 45.8 Å². The number of likely N-dealkylation sites (tertiary alicyclic amines) is 1. The molecule has 0 atom stereocenters. The van der Waals surface area contributed by atoms with Crippen LogP contribution < -0.4 is 10.5 Å². The molecule has 0 saturated carbocycles. The van der Waals surface area contributed by atoms with Crippen molar-refractivity contribution in [2.45, 2.75) is 39.0 Å². The van der Waals surface area contributed by atoms with Crippen molar-refractivity contribution in [3.05, 3.63) is 23.8 Å². The van der Waals surface area contributed by atoms with Gasteiger partial charge in [-0.05, 0) is 44.9 Å². The summed E-state index contributed by atoms with van der Waals surface area (Å²) in [6, 6.07) is 4.39. The van der Waals surface area contributed by atoms with Crippen molar-refractivity contribution in [2.75, 3.05) is 26.3 Å². The number of benzene rings is 1. The van der Waals surface area contributed by atoms with Crippen molar-refractivity contribution in [3.8, 4) is 11.5 Å². The van der Waals surface area contributed by atoms with Crippen LogP contribution in [0.25, 0.3) is 0 Å². The lowest BCUT2D eigenvalue weighted by Gasteiger charge is -2.38. The number of carbonyl (C=O) groups is 3. The lowest BCUT2D eigenvalue weighted by atomic mass is 9.80. The molecule has 226 valence electrons. The Morgan fingerprint density at radius 3 is 1.82 bits per heavy atom. The molecule has 0 radical (unpaired) electrons. The molecule has 1 fully saturated rings. The van der Waals surface area contributed by atoms with E-state index >= 15 is 0 Å².